The number of nitrogens with one attached hydrogen (secondary N) is 1. The quantitative estimate of drug-likeness (QED) is 0.711. The number of hydrogen-bond donors (Lipinski definition) is 3. The average Bonchev–Trinajstić information content (AvgIpc) is 2.42. The molecule has 0 saturated carbocycles. The van der Waals surface area contributed by atoms with Gasteiger partial charge in [0.15, 0.2) is 0 Å². The Bertz CT molecular complexity index is 536. The van der Waals surface area contributed by atoms with Crippen LogP contribution in [0.3, 0.4) is 0 Å². The topological polar surface area (TPSA) is 101 Å². The highest BCUT2D eigenvalue weighted by atomic mass is 16.2. The van der Waals surface area contributed by atoms with E-state index >= 15 is 0 Å². The maximum Gasteiger partial charge on any atom is 0.238 e. The van der Waals surface area contributed by atoms with Crippen LogP contribution in [0.1, 0.15) is 18.4 Å². The number of nitrogens with two attached hydrogens (primary N) is 2. The van der Waals surface area contributed by atoms with Crippen LogP contribution in [-0.2, 0) is 9.59 Å². The summed E-state index contributed by atoms with van der Waals surface area (Å²) < 4.78 is 0. The fourth-order valence-corrected chi connectivity index (χ4v) is 2.60. The zero-order chi connectivity index (χ0) is 15.4. The minimum absolute atomic E-state index is 0.0522. The van der Waals surface area contributed by atoms with Crippen molar-refractivity contribution in [3.63, 3.8) is 0 Å². The first-order valence-corrected chi connectivity index (χ1v) is 7.13. The van der Waals surface area contributed by atoms with Crippen molar-refractivity contribution < 1.29 is 9.59 Å². The second-order valence-electron chi connectivity index (χ2n) is 5.58. The summed E-state index contributed by atoms with van der Waals surface area (Å²) >= 11 is 0. The molecule has 0 unspecified atom stereocenters. The summed E-state index contributed by atoms with van der Waals surface area (Å²) in [7, 11) is 0. The molecule has 0 bridgehead atoms. The van der Waals surface area contributed by atoms with Crippen molar-refractivity contribution in [3.05, 3.63) is 23.8 Å². The number of aryl methyl sites for hydroxylation is 1. The van der Waals surface area contributed by atoms with E-state index in [0.29, 0.717) is 12.2 Å². The molecule has 1 saturated heterocycles. The number of amides is 2. The molecule has 1 fully saturated rings. The number of carbonyl (C=O) groups excluding carboxylic acids is 2. The number of benzene rings is 1. The van der Waals surface area contributed by atoms with Crippen LogP contribution in [0.25, 0.3) is 0 Å². The van der Waals surface area contributed by atoms with E-state index in [1.165, 1.54) is 0 Å². The summed E-state index contributed by atoms with van der Waals surface area (Å²) in [5, 5.41) is 2.89. The number of carbonyl (C=O) groups is 2. The van der Waals surface area contributed by atoms with E-state index < -0.39 is 0 Å². The zero-order valence-electron chi connectivity index (χ0n) is 12.3. The highest BCUT2D eigenvalue weighted by molar-refractivity contribution is 5.93. The minimum Gasteiger partial charge on any atom is -0.399 e. The molecule has 1 aliphatic heterocycles. The lowest BCUT2D eigenvalue weighted by Gasteiger charge is -2.29. The molecule has 1 aromatic rings. The maximum absolute atomic E-state index is 12.1. The molecule has 6 nitrogen and oxygen atoms in total. The van der Waals surface area contributed by atoms with Crippen LogP contribution in [0.5, 0.6) is 0 Å². The molecule has 0 aromatic heterocycles. The van der Waals surface area contributed by atoms with Crippen LogP contribution in [0.15, 0.2) is 18.2 Å². The van der Waals surface area contributed by atoms with Crippen LogP contribution in [-0.4, -0.2) is 36.3 Å². The zero-order valence-corrected chi connectivity index (χ0v) is 12.3. The molecule has 2 amide bonds. The second kappa shape index (κ2) is 6.58. The molecule has 1 aliphatic rings. The Morgan fingerprint density at radius 3 is 2.57 bits per heavy atom. The summed E-state index contributed by atoms with van der Waals surface area (Å²) in [4.78, 5) is 25.2. The van der Waals surface area contributed by atoms with Crippen molar-refractivity contribution in [2.24, 2.45) is 11.7 Å². The molecule has 0 radical (unpaired) electrons. The summed E-state index contributed by atoms with van der Waals surface area (Å²) in [6.45, 7) is 3.68. The molecule has 0 aliphatic carbocycles. The van der Waals surface area contributed by atoms with Gasteiger partial charge in [0.05, 0.1) is 6.54 Å². The van der Waals surface area contributed by atoms with Gasteiger partial charge in [-0.2, -0.15) is 0 Å². The molecule has 21 heavy (non-hydrogen) atoms. The normalized spacial score (nSPS) is 16.6. The van der Waals surface area contributed by atoms with Crippen molar-refractivity contribution in [3.8, 4) is 0 Å². The third kappa shape index (κ3) is 4.19. The molecular formula is C15H22N4O2. The van der Waals surface area contributed by atoms with Crippen LogP contribution in [0, 0.1) is 12.8 Å². The van der Waals surface area contributed by atoms with Gasteiger partial charge in [-0.25, -0.2) is 0 Å². The molecule has 6 heteroatoms. The summed E-state index contributed by atoms with van der Waals surface area (Å²) in [6, 6.07) is 5.40. The van der Waals surface area contributed by atoms with Crippen LogP contribution >= 0.6 is 0 Å². The largest absolute Gasteiger partial charge is 0.399 e. The van der Waals surface area contributed by atoms with Crippen LogP contribution in [0.4, 0.5) is 11.4 Å². The highest BCUT2D eigenvalue weighted by Gasteiger charge is 2.24. The molecule has 114 valence electrons. The molecule has 0 atom stereocenters. The fourth-order valence-electron chi connectivity index (χ4n) is 2.60. The predicted molar refractivity (Wildman–Crippen MR) is 82.6 cm³/mol. The van der Waals surface area contributed by atoms with Gasteiger partial charge < -0.3 is 16.8 Å². The number of piperidine rings is 1. The van der Waals surface area contributed by atoms with Gasteiger partial charge in [0, 0.05) is 17.3 Å². The van der Waals surface area contributed by atoms with E-state index in [1.54, 1.807) is 6.07 Å². The smallest absolute Gasteiger partial charge is 0.238 e. The number of anilines is 2. The molecular weight excluding hydrogens is 268 g/mol. The maximum atomic E-state index is 12.1. The fraction of sp³-hybridized carbons (Fsp3) is 0.467. The lowest BCUT2D eigenvalue weighted by molar-refractivity contribution is -0.123. The van der Waals surface area contributed by atoms with Crippen LogP contribution < -0.4 is 16.8 Å². The van der Waals surface area contributed by atoms with Gasteiger partial charge in [0.25, 0.3) is 0 Å². The summed E-state index contributed by atoms with van der Waals surface area (Å²) in [6.07, 6.45) is 1.45. The van der Waals surface area contributed by atoms with E-state index in [-0.39, 0.29) is 17.7 Å². The molecule has 1 heterocycles. The first-order valence-electron chi connectivity index (χ1n) is 7.13. The third-order valence-corrected chi connectivity index (χ3v) is 3.88. The number of primary amides is 1. The first-order chi connectivity index (χ1) is 9.95. The van der Waals surface area contributed by atoms with Gasteiger partial charge in [0.2, 0.25) is 11.8 Å². The average molecular weight is 290 g/mol. The number of hydrogen-bond acceptors (Lipinski definition) is 4. The van der Waals surface area contributed by atoms with Gasteiger partial charge in [-0.1, -0.05) is 0 Å². The number of likely N-dealkylation sites (tertiary alicyclic amines) is 1. The van der Waals surface area contributed by atoms with E-state index in [2.05, 4.69) is 5.32 Å². The number of nitrogen functional groups attached to an aromatic ring is 1. The predicted octanol–water partition coefficient (Wildman–Crippen LogP) is 0.713. The van der Waals surface area contributed by atoms with Crippen molar-refractivity contribution in [2.45, 2.75) is 19.8 Å². The van der Waals surface area contributed by atoms with Gasteiger partial charge in [-0.05, 0) is 56.6 Å². The van der Waals surface area contributed by atoms with Crippen LogP contribution in [0.2, 0.25) is 0 Å². The standard InChI is InChI=1S/C15H22N4O2/c1-10-8-12(16)2-3-13(10)18-14(20)9-19-6-4-11(5-7-19)15(17)21/h2-3,8,11H,4-7,9,16H2,1H3,(H2,17,21)(H,18,20). The van der Waals surface area contributed by atoms with Crippen molar-refractivity contribution in [1.82, 2.24) is 4.90 Å². The lowest BCUT2D eigenvalue weighted by Crippen LogP contribution is -2.42. The van der Waals surface area contributed by atoms with Crippen molar-refractivity contribution >= 4 is 23.2 Å². The Labute approximate surface area is 124 Å². The van der Waals surface area contributed by atoms with Crippen molar-refractivity contribution in [1.29, 1.82) is 0 Å². The van der Waals surface area contributed by atoms with Gasteiger partial charge in [-0.3, -0.25) is 14.5 Å². The first kappa shape index (κ1) is 15.3. The Hall–Kier alpha value is -2.08. The molecule has 5 N–H and O–H groups in total. The SMILES string of the molecule is Cc1cc(N)ccc1NC(=O)CN1CCC(C(N)=O)CC1. The Kier molecular flexibility index (Phi) is 4.80. The van der Waals surface area contributed by atoms with Gasteiger partial charge in [0.1, 0.15) is 0 Å². The van der Waals surface area contributed by atoms with E-state index in [9.17, 15) is 9.59 Å². The van der Waals surface area contributed by atoms with Gasteiger partial charge in [-0.15, -0.1) is 0 Å². The van der Waals surface area contributed by atoms with E-state index in [1.807, 2.05) is 24.0 Å². The highest BCUT2D eigenvalue weighted by Crippen LogP contribution is 2.19. The third-order valence-electron chi connectivity index (χ3n) is 3.88. The Morgan fingerprint density at radius 1 is 1.33 bits per heavy atom. The lowest BCUT2D eigenvalue weighted by atomic mass is 9.96. The molecule has 2 rings (SSSR count). The number of rotatable bonds is 4. The minimum atomic E-state index is -0.239. The Morgan fingerprint density at radius 2 is 2.00 bits per heavy atom. The van der Waals surface area contributed by atoms with E-state index in [4.69, 9.17) is 11.5 Å². The Balaban J connectivity index is 1.84. The molecule has 1 aromatic carbocycles. The summed E-state index contributed by atoms with van der Waals surface area (Å²) in [5.74, 6) is -0.347. The second-order valence-corrected chi connectivity index (χ2v) is 5.58. The van der Waals surface area contributed by atoms with Crippen molar-refractivity contribution in [2.75, 3.05) is 30.7 Å². The summed E-state index contributed by atoms with van der Waals surface area (Å²) in [5.41, 5.74) is 13.4. The number of nitrogens with zero attached hydrogens (tertiary/aromatic N) is 1. The molecule has 0 spiro atoms. The monoisotopic (exact) mass is 290 g/mol. The van der Waals surface area contributed by atoms with Gasteiger partial charge >= 0.3 is 0 Å². The van der Waals surface area contributed by atoms with E-state index in [0.717, 1.165) is 37.2 Å².